The van der Waals surface area contributed by atoms with Crippen LogP contribution in [0.1, 0.15) is 6.92 Å². The smallest absolute Gasteiger partial charge is 0.266 e. The molecule has 4 nitrogen and oxygen atoms in total. The second-order valence-corrected chi connectivity index (χ2v) is 4.97. The molecule has 3 rings (SSSR count). The van der Waals surface area contributed by atoms with E-state index in [2.05, 4.69) is 10.3 Å². The van der Waals surface area contributed by atoms with Crippen LogP contribution in [0.25, 0.3) is 10.8 Å². The van der Waals surface area contributed by atoms with Crippen LogP contribution in [0.3, 0.4) is 0 Å². The Labute approximate surface area is 128 Å². The highest BCUT2D eigenvalue weighted by Crippen LogP contribution is 2.21. The summed E-state index contributed by atoms with van der Waals surface area (Å²) in [5.74, 6) is 0.954. The molecule has 0 aliphatic carbocycles. The van der Waals surface area contributed by atoms with Crippen molar-refractivity contribution in [1.29, 1.82) is 0 Å². The van der Waals surface area contributed by atoms with Crippen LogP contribution in [0.5, 0.6) is 5.75 Å². The van der Waals surface area contributed by atoms with Crippen molar-refractivity contribution in [2.75, 3.05) is 5.32 Å². The summed E-state index contributed by atoms with van der Waals surface area (Å²) in [5, 5.41) is 4.94. The van der Waals surface area contributed by atoms with Crippen molar-refractivity contribution in [3.05, 3.63) is 66.9 Å². The van der Waals surface area contributed by atoms with Crippen LogP contribution in [-0.4, -0.2) is 17.0 Å². The Hall–Kier alpha value is -2.88. The molecule has 1 amide bonds. The molecule has 110 valence electrons. The number of carbonyl (C=O) groups excluding carboxylic acids is 1. The zero-order valence-electron chi connectivity index (χ0n) is 12.2. The van der Waals surface area contributed by atoms with Crippen LogP contribution in [0, 0.1) is 0 Å². The average molecular weight is 292 g/mol. The van der Waals surface area contributed by atoms with Crippen molar-refractivity contribution in [2.45, 2.75) is 13.0 Å². The first kappa shape index (κ1) is 14.1. The fourth-order valence-electron chi connectivity index (χ4n) is 2.16. The number of ether oxygens (including phenoxy) is 1. The molecule has 2 aromatic carbocycles. The highest BCUT2D eigenvalue weighted by atomic mass is 16.5. The number of amides is 1. The van der Waals surface area contributed by atoms with Crippen LogP contribution in [0.2, 0.25) is 0 Å². The van der Waals surface area contributed by atoms with Crippen LogP contribution in [0.4, 0.5) is 5.82 Å². The molecule has 0 saturated carbocycles. The number of nitrogens with one attached hydrogen (secondary N) is 1. The summed E-state index contributed by atoms with van der Waals surface area (Å²) >= 11 is 0. The maximum absolute atomic E-state index is 12.1. The highest BCUT2D eigenvalue weighted by Gasteiger charge is 2.15. The van der Waals surface area contributed by atoms with Crippen molar-refractivity contribution in [3.63, 3.8) is 0 Å². The number of benzene rings is 2. The third kappa shape index (κ3) is 3.23. The van der Waals surface area contributed by atoms with E-state index in [1.54, 1.807) is 25.3 Å². The average Bonchev–Trinajstić information content (AvgIpc) is 2.55. The lowest BCUT2D eigenvalue weighted by Crippen LogP contribution is -2.30. The van der Waals surface area contributed by atoms with Gasteiger partial charge in [0.1, 0.15) is 11.6 Å². The zero-order valence-corrected chi connectivity index (χ0v) is 12.2. The Morgan fingerprint density at radius 2 is 1.82 bits per heavy atom. The standard InChI is InChI=1S/C18H16N2O2/c1-13(18(21)20-17-8-4-5-11-19-17)22-16-10-9-14-6-2-3-7-15(14)12-16/h2-13H,1H3,(H,19,20,21)/t13-/m0/s1. The molecule has 1 aromatic heterocycles. The van der Waals surface area contributed by atoms with Crippen molar-refractivity contribution in [2.24, 2.45) is 0 Å². The van der Waals surface area contributed by atoms with Gasteiger partial charge in [0, 0.05) is 6.20 Å². The summed E-state index contributed by atoms with van der Waals surface area (Å²) in [7, 11) is 0. The number of nitrogens with zero attached hydrogens (tertiary/aromatic N) is 1. The Bertz CT molecular complexity index is 787. The predicted molar refractivity (Wildman–Crippen MR) is 86.9 cm³/mol. The molecule has 1 N–H and O–H groups in total. The number of rotatable bonds is 4. The minimum atomic E-state index is -0.608. The van der Waals surface area contributed by atoms with Crippen LogP contribution < -0.4 is 10.1 Å². The fraction of sp³-hybridized carbons (Fsp3) is 0.111. The van der Waals surface area contributed by atoms with Gasteiger partial charge in [-0.2, -0.15) is 0 Å². The summed E-state index contributed by atoms with van der Waals surface area (Å²) < 4.78 is 5.72. The normalized spacial score (nSPS) is 11.9. The molecule has 0 spiro atoms. The lowest BCUT2D eigenvalue weighted by Gasteiger charge is -2.14. The van der Waals surface area contributed by atoms with E-state index in [1.165, 1.54) is 0 Å². The second-order valence-electron chi connectivity index (χ2n) is 4.97. The van der Waals surface area contributed by atoms with E-state index in [9.17, 15) is 4.79 Å². The first-order valence-electron chi connectivity index (χ1n) is 7.10. The lowest BCUT2D eigenvalue weighted by molar-refractivity contribution is -0.122. The maximum atomic E-state index is 12.1. The van der Waals surface area contributed by atoms with Crippen LogP contribution in [0.15, 0.2) is 66.9 Å². The molecule has 0 aliphatic rings. The molecule has 0 radical (unpaired) electrons. The number of anilines is 1. The monoisotopic (exact) mass is 292 g/mol. The van der Waals surface area contributed by atoms with Gasteiger partial charge in [-0.25, -0.2) is 4.98 Å². The minimum absolute atomic E-state index is 0.230. The van der Waals surface area contributed by atoms with Crippen molar-refractivity contribution in [1.82, 2.24) is 4.98 Å². The predicted octanol–water partition coefficient (Wildman–Crippen LogP) is 3.64. The Balaban J connectivity index is 1.69. The molecule has 0 aliphatic heterocycles. The number of aromatic nitrogens is 1. The van der Waals surface area contributed by atoms with Gasteiger partial charge in [0.05, 0.1) is 0 Å². The molecule has 1 heterocycles. The van der Waals surface area contributed by atoms with Gasteiger partial charge in [-0.1, -0.05) is 36.4 Å². The van der Waals surface area contributed by atoms with Gasteiger partial charge in [0.15, 0.2) is 6.10 Å². The minimum Gasteiger partial charge on any atom is -0.481 e. The Morgan fingerprint density at radius 3 is 2.59 bits per heavy atom. The molecular formula is C18H16N2O2. The molecule has 3 aromatic rings. The van der Waals surface area contributed by atoms with Gasteiger partial charge in [0.25, 0.3) is 5.91 Å². The largest absolute Gasteiger partial charge is 0.481 e. The van der Waals surface area contributed by atoms with Gasteiger partial charge in [-0.3, -0.25) is 4.79 Å². The van der Waals surface area contributed by atoms with Gasteiger partial charge in [-0.15, -0.1) is 0 Å². The first-order valence-corrected chi connectivity index (χ1v) is 7.10. The third-order valence-electron chi connectivity index (χ3n) is 3.32. The summed E-state index contributed by atoms with van der Waals surface area (Å²) in [6.45, 7) is 1.72. The molecule has 1 atom stereocenters. The Morgan fingerprint density at radius 1 is 1.05 bits per heavy atom. The van der Waals surface area contributed by atoms with Crippen molar-refractivity contribution in [3.8, 4) is 5.75 Å². The van der Waals surface area contributed by atoms with E-state index in [1.807, 2.05) is 48.5 Å². The third-order valence-corrected chi connectivity index (χ3v) is 3.32. The van der Waals surface area contributed by atoms with E-state index < -0.39 is 6.10 Å². The van der Waals surface area contributed by atoms with Crippen molar-refractivity contribution < 1.29 is 9.53 Å². The SMILES string of the molecule is C[C@H](Oc1ccc2ccccc2c1)C(=O)Nc1ccccn1. The Kier molecular flexibility index (Phi) is 4.01. The summed E-state index contributed by atoms with van der Waals surface area (Å²) in [4.78, 5) is 16.2. The molecule has 22 heavy (non-hydrogen) atoms. The lowest BCUT2D eigenvalue weighted by atomic mass is 10.1. The number of pyridine rings is 1. The van der Waals surface area contributed by atoms with Gasteiger partial charge < -0.3 is 10.1 Å². The highest BCUT2D eigenvalue weighted by molar-refractivity contribution is 5.93. The fourth-order valence-corrected chi connectivity index (χ4v) is 2.16. The summed E-state index contributed by atoms with van der Waals surface area (Å²) in [5.41, 5.74) is 0. The molecule has 0 bridgehead atoms. The van der Waals surface area contributed by atoms with E-state index in [4.69, 9.17) is 4.74 Å². The number of hydrogen-bond acceptors (Lipinski definition) is 3. The number of fused-ring (bicyclic) bond motifs is 1. The molecule has 4 heteroatoms. The zero-order chi connectivity index (χ0) is 15.4. The second kappa shape index (κ2) is 6.26. The van der Waals surface area contributed by atoms with Crippen LogP contribution >= 0.6 is 0 Å². The molecule has 0 fully saturated rings. The number of carbonyl (C=O) groups is 1. The van der Waals surface area contributed by atoms with Crippen molar-refractivity contribution >= 4 is 22.5 Å². The van der Waals surface area contributed by atoms with Crippen LogP contribution in [-0.2, 0) is 4.79 Å². The molecular weight excluding hydrogens is 276 g/mol. The molecule has 0 saturated heterocycles. The number of hydrogen-bond donors (Lipinski definition) is 1. The molecule has 0 unspecified atom stereocenters. The van der Waals surface area contributed by atoms with E-state index >= 15 is 0 Å². The van der Waals surface area contributed by atoms with Gasteiger partial charge in [-0.05, 0) is 42.0 Å². The van der Waals surface area contributed by atoms with E-state index in [0.29, 0.717) is 11.6 Å². The quantitative estimate of drug-likeness (QED) is 0.798. The summed E-state index contributed by atoms with van der Waals surface area (Å²) in [6, 6.07) is 19.1. The topological polar surface area (TPSA) is 51.2 Å². The maximum Gasteiger partial charge on any atom is 0.266 e. The van der Waals surface area contributed by atoms with Gasteiger partial charge in [0.2, 0.25) is 0 Å². The van der Waals surface area contributed by atoms with E-state index in [0.717, 1.165) is 10.8 Å². The first-order chi connectivity index (χ1) is 10.7. The summed E-state index contributed by atoms with van der Waals surface area (Å²) in [6.07, 6.45) is 1.02. The van der Waals surface area contributed by atoms with Gasteiger partial charge >= 0.3 is 0 Å². The van der Waals surface area contributed by atoms with E-state index in [-0.39, 0.29) is 5.91 Å².